The molecular weight excluding hydrogens is 286 g/mol. The maximum absolute atomic E-state index is 11.3. The van der Waals surface area contributed by atoms with Crippen LogP contribution in [-0.2, 0) is 10.0 Å². The second kappa shape index (κ2) is 5.00. The van der Waals surface area contributed by atoms with Crippen LogP contribution >= 0.6 is 35.1 Å². The second-order valence-corrected chi connectivity index (χ2v) is 7.64. The molecule has 0 atom stereocenters. The maximum Gasteiger partial charge on any atom is 0.255 e. The zero-order valence-corrected chi connectivity index (χ0v) is 11.3. The molecule has 0 aromatic heterocycles. The normalized spacial score (nSPS) is 19.2. The van der Waals surface area contributed by atoms with E-state index in [0.29, 0.717) is 15.2 Å². The largest absolute Gasteiger partial charge is 0.255 e. The summed E-state index contributed by atoms with van der Waals surface area (Å²) in [4.78, 5) is 0.938. The number of hydrogen-bond donors (Lipinski definition) is 0. The van der Waals surface area contributed by atoms with Crippen molar-refractivity contribution in [2.24, 2.45) is 4.40 Å². The second-order valence-electron chi connectivity index (χ2n) is 3.05. The van der Waals surface area contributed by atoms with Gasteiger partial charge in [-0.15, -0.1) is 4.40 Å². The molecule has 0 unspecified atom stereocenters. The van der Waals surface area contributed by atoms with Crippen molar-refractivity contribution in [3.8, 4) is 0 Å². The third-order valence-corrected chi connectivity index (χ3v) is 5.85. The molecule has 0 saturated carbocycles. The number of hydrogen-bond acceptors (Lipinski definition) is 4. The molecule has 7 heteroatoms. The van der Waals surface area contributed by atoms with Crippen LogP contribution in [0, 0.1) is 0 Å². The highest BCUT2D eigenvalue weighted by Gasteiger charge is 2.18. The van der Waals surface area contributed by atoms with Crippen molar-refractivity contribution >= 4 is 49.5 Å². The summed E-state index contributed by atoms with van der Waals surface area (Å²) in [6, 6.07) is 7.23. The Morgan fingerprint density at radius 2 is 2.00 bits per heavy atom. The summed E-state index contributed by atoms with van der Waals surface area (Å²) in [5.41, 5.74) is 0. The standard InChI is InChI=1S/C9H8ClNO2S3/c10-7-1-3-8(4-2-7)15-9-11-16(12,13)6-5-14-9/h1-4H,5-6H2. The molecule has 0 N–H and O–H groups in total. The van der Waals surface area contributed by atoms with E-state index in [2.05, 4.69) is 4.40 Å². The van der Waals surface area contributed by atoms with Crippen molar-refractivity contribution in [1.29, 1.82) is 0 Å². The molecule has 0 spiro atoms. The van der Waals surface area contributed by atoms with Crippen LogP contribution in [0.4, 0.5) is 0 Å². The lowest BCUT2D eigenvalue weighted by molar-refractivity contribution is 0.599. The van der Waals surface area contributed by atoms with Crippen molar-refractivity contribution < 1.29 is 8.42 Å². The van der Waals surface area contributed by atoms with Crippen LogP contribution in [0.1, 0.15) is 0 Å². The maximum atomic E-state index is 11.3. The van der Waals surface area contributed by atoms with Gasteiger partial charge in [-0.3, -0.25) is 0 Å². The summed E-state index contributed by atoms with van der Waals surface area (Å²) in [5, 5.41) is 0.662. The van der Waals surface area contributed by atoms with Gasteiger partial charge in [-0.1, -0.05) is 35.1 Å². The zero-order valence-electron chi connectivity index (χ0n) is 8.09. The van der Waals surface area contributed by atoms with Crippen molar-refractivity contribution in [1.82, 2.24) is 0 Å². The lowest BCUT2D eigenvalue weighted by Crippen LogP contribution is -2.12. The van der Waals surface area contributed by atoms with Gasteiger partial charge in [-0.2, -0.15) is 0 Å². The van der Waals surface area contributed by atoms with E-state index in [9.17, 15) is 8.42 Å². The number of sulfonamides is 1. The topological polar surface area (TPSA) is 46.5 Å². The molecule has 86 valence electrons. The summed E-state index contributed by atoms with van der Waals surface area (Å²) in [6.07, 6.45) is 0. The minimum atomic E-state index is -3.24. The molecule has 1 aromatic rings. The van der Waals surface area contributed by atoms with Crippen LogP contribution in [0.25, 0.3) is 0 Å². The number of benzene rings is 1. The molecule has 1 aliphatic heterocycles. The van der Waals surface area contributed by atoms with E-state index in [4.69, 9.17) is 11.6 Å². The molecule has 0 aliphatic carbocycles. The molecule has 3 nitrogen and oxygen atoms in total. The minimum absolute atomic E-state index is 0.127. The fraction of sp³-hybridized carbons (Fsp3) is 0.222. The number of thioether (sulfide) groups is 2. The molecule has 1 aromatic carbocycles. The average Bonchev–Trinajstić information content (AvgIpc) is 2.20. The van der Waals surface area contributed by atoms with Crippen LogP contribution in [0.2, 0.25) is 5.02 Å². The van der Waals surface area contributed by atoms with E-state index in [-0.39, 0.29) is 5.75 Å². The summed E-state index contributed by atoms with van der Waals surface area (Å²) in [5.74, 6) is 0.699. The fourth-order valence-corrected chi connectivity index (χ4v) is 5.16. The quantitative estimate of drug-likeness (QED) is 0.799. The van der Waals surface area contributed by atoms with Gasteiger partial charge in [0, 0.05) is 15.7 Å². The Hall–Kier alpha value is -0.170. The van der Waals surface area contributed by atoms with E-state index in [1.807, 2.05) is 12.1 Å². The summed E-state index contributed by atoms with van der Waals surface area (Å²) >= 11 is 8.58. The predicted molar refractivity (Wildman–Crippen MR) is 71.0 cm³/mol. The molecule has 1 aliphatic rings. The molecular formula is C9H8ClNO2S3. The minimum Gasteiger partial charge on any atom is -0.205 e. The Morgan fingerprint density at radius 1 is 1.31 bits per heavy atom. The monoisotopic (exact) mass is 293 g/mol. The smallest absolute Gasteiger partial charge is 0.205 e. The van der Waals surface area contributed by atoms with E-state index >= 15 is 0 Å². The van der Waals surface area contributed by atoms with Crippen LogP contribution in [0.15, 0.2) is 33.6 Å². The summed E-state index contributed by atoms with van der Waals surface area (Å²) in [6.45, 7) is 0. The first-order valence-electron chi connectivity index (χ1n) is 4.44. The molecule has 0 fully saturated rings. The van der Waals surface area contributed by atoms with Gasteiger partial charge < -0.3 is 0 Å². The Labute approximate surface area is 108 Å². The lowest BCUT2D eigenvalue weighted by atomic mass is 10.4. The van der Waals surface area contributed by atoms with Crippen LogP contribution < -0.4 is 0 Å². The Bertz CT molecular complexity index is 510. The summed E-state index contributed by atoms with van der Waals surface area (Å²) in [7, 11) is -3.24. The number of halogens is 1. The highest BCUT2D eigenvalue weighted by Crippen LogP contribution is 2.30. The molecule has 0 amide bonds. The fourth-order valence-electron chi connectivity index (χ4n) is 1.07. The van der Waals surface area contributed by atoms with Gasteiger partial charge in [0.2, 0.25) is 0 Å². The Kier molecular flexibility index (Phi) is 3.84. The van der Waals surface area contributed by atoms with Crippen LogP contribution in [0.3, 0.4) is 0 Å². The molecule has 16 heavy (non-hydrogen) atoms. The van der Waals surface area contributed by atoms with Crippen molar-refractivity contribution in [2.45, 2.75) is 4.90 Å². The van der Waals surface area contributed by atoms with Gasteiger partial charge >= 0.3 is 0 Å². The Morgan fingerprint density at radius 3 is 2.62 bits per heavy atom. The molecule has 0 bridgehead atoms. The van der Waals surface area contributed by atoms with Crippen molar-refractivity contribution in [3.05, 3.63) is 29.3 Å². The van der Waals surface area contributed by atoms with Gasteiger partial charge in [-0.05, 0) is 24.3 Å². The first-order chi connectivity index (χ1) is 7.55. The first-order valence-corrected chi connectivity index (χ1v) is 8.23. The van der Waals surface area contributed by atoms with Crippen LogP contribution in [-0.4, -0.2) is 24.3 Å². The lowest BCUT2D eigenvalue weighted by Gasteiger charge is -2.10. The molecule has 0 saturated heterocycles. The predicted octanol–water partition coefficient (Wildman–Crippen LogP) is 2.86. The van der Waals surface area contributed by atoms with E-state index in [1.165, 1.54) is 23.5 Å². The highest BCUT2D eigenvalue weighted by molar-refractivity contribution is 8.39. The first kappa shape index (κ1) is 12.3. The Balaban J connectivity index is 2.16. The van der Waals surface area contributed by atoms with Gasteiger partial charge in [0.15, 0.2) is 0 Å². The van der Waals surface area contributed by atoms with Gasteiger partial charge in [0.1, 0.15) is 4.38 Å². The SMILES string of the molecule is O=S1(=O)CCSC(Sc2ccc(Cl)cc2)=N1. The summed E-state index contributed by atoms with van der Waals surface area (Å²) < 4.78 is 26.8. The molecule has 2 rings (SSSR count). The zero-order chi connectivity index (χ0) is 11.6. The number of rotatable bonds is 1. The van der Waals surface area contributed by atoms with Crippen molar-refractivity contribution in [3.63, 3.8) is 0 Å². The van der Waals surface area contributed by atoms with Gasteiger partial charge in [0.05, 0.1) is 5.75 Å². The molecule has 0 radical (unpaired) electrons. The van der Waals surface area contributed by atoms with E-state index in [0.717, 1.165) is 4.90 Å². The highest BCUT2D eigenvalue weighted by atomic mass is 35.5. The third-order valence-electron chi connectivity index (χ3n) is 1.80. The van der Waals surface area contributed by atoms with E-state index in [1.54, 1.807) is 12.1 Å². The number of nitrogens with zero attached hydrogens (tertiary/aromatic N) is 1. The third kappa shape index (κ3) is 3.41. The van der Waals surface area contributed by atoms with Gasteiger partial charge in [0.25, 0.3) is 10.0 Å². The van der Waals surface area contributed by atoms with E-state index < -0.39 is 10.0 Å². The average molecular weight is 294 g/mol. The van der Waals surface area contributed by atoms with Crippen LogP contribution in [0.5, 0.6) is 0 Å². The van der Waals surface area contributed by atoms with Crippen molar-refractivity contribution in [2.75, 3.05) is 11.5 Å². The molecule has 1 heterocycles. The van der Waals surface area contributed by atoms with Gasteiger partial charge in [-0.25, -0.2) is 8.42 Å².